The lowest BCUT2D eigenvalue weighted by Gasteiger charge is -2.11. The maximum absolute atomic E-state index is 5.77. The van der Waals surface area contributed by atoms with E-state index in [1.54, 1.807) is 6.26 Å². The van der Waals surface area contributed by atoms with Gasteiger partial charge in [-0.15, -0.1) is 0 Å². The van der Waals surface area contributed by atoms with Crippen LogP contribution in [0.3, 0.4) is 0 Å². The van der Waals surface area contributed by atoms with Crippen LogP contribution in [0, 0.1) is 11.8 Å². The lowest BCUT2D eigenvalue weighted by Crippen LogP contribution is -2.19. The van der Waals surface area contributed by atoms with Crippen molar-refractivity contribution in [2.45, 2.75) is 53.7 Å². The quantitative estimate of drug-likeness (QED) is 0.696. The molecule has 0 radical (unpaired) electrons. The lowest BCUT2D eigenvalue weighted by molar-refractivity contribution is 0.0882. The van der Waals surface area contributed by atoms with Crippen molar-refractivity contribution in [1.82, 2.24) is 5.32 Å². The Hall–Kier alpha value is -0.800. The number of furan rings is 1. The fraction of sp³-hybridized carbons (Fsp3) is 0.750. The van der Waals surface area contributed by atoms with Gasteiger partial charge in [0.1, 0.15) is 5.76 Å². The van der Waals surface area contributed by atoms with E-state index in [9.17, 15) is 0 Å². The number of nitrogens with one attached hydrogen (secondary N) is 1. The first-order valence-electron chi connectivity index (χ1n) is 7.47. The Morgan fingerprint density at radius 2 is 2.11 bits per heavy atom. The van der Waals surface area contributed by atoms with E-state index in [0.717, 1.165) is 25.5 Å². The van der Waals surface area contributed by atoms with Crippen molar-refractivity contribution in [2.24, 2.45) is 11.8 Å². The topological polar surface area (TPSA) is 34.4 Å². The smallest absolute Gasteiger partial charge is 0.123 e. The molecular formula is C16H29NO2. The number of ether oxygens (including phenoxy) is 1. The normalized spacial score (nSPS) is 13.1. The molecule has 0 aliphatic heterocycles. The maximum Gasteiger partial charge on any atom is 0.123 e. The largest absolute Gasteiger partial charge is 0.468 e. The van der Waals surface area contributed by atoms with Crippen LogP contribution in [-0.4, -0.2) is 13.2 Å². The number of hydrogen-bond acceptors (Lipinski definition) is 3. The lowest BCUT2D eigenvalue weighted by atomic mass is 10.1. The Labute approximate surface area is 117 Å². The van der Waals surface area contributed by atoms with Crippen LogP contribution in [0.1, 0.15) is 51.9 Å². The van der Waals surface area contributed by atoms with Crippen molar-refractivity contribution >= 4 is 0 Å². The van der Waals surface area contributed by atoms with E-state index in [0.29, 0.717) is 18.4 Å². The van der Waals surface area contributed by atoms with Gasteiger partial charge in [0, 0.05) is 12.2 Å². The summed E-state index contributed by atoms with van der Waals surface area (Å²) in [5.74, 6) is 2.30. The summed E-state index contributed by atoms with van der Waals surface area (Å²) in [6, 6.07) is 2.01. The van der Waals surface area contributed by atoms with Gasteiger partial charge < -0.3 is 14.5 Å². The average Bonchev–Trinajstić information content (AvgIpc) is 2.77. The molecule has 1 unspecified atom stereocenters. The van der Waals surface area contributed by atoms with Gasteiger partial charge in [0.2, 0.25) is 0 Å². The predicted octanol–water partition coefficient (Wildman–Crippen LogP) is 3.98. The van der Waals surface area contributed by atoms with Crippen LogP contribution in [-0.2, 0) is 17.9 Å². The third-order valence-electron chi connectivity index (χ3n) is 3.12. The van der Waals surface area contributed by atoms with E-state index < -0.39 is 0 Å². The van der Waals surface area contributed by atoms with Crippen molar-refractivity contribution in [3.8, 4) is 0 Å². The Kier molecular flexibility index (Phi) is 7.84. The highest BCUT2D eigenvalue weighted by atomic mass is 16.5. The van der Waals surface area contributed by atoms with E-state index in [1.807, 2.05) is 6.07 Å². The Bertz CT molecular complexity index is 333. The highest BCUT2D eigenvalue weighted by Gasteiger charge is 2.08. The third-order valence-corrected chi connectivity index (χ3v) is 3.12. The van der Waals surface area contributed by atoms with Crippen LogP contribution in [0.5, 0.6) is 0 Å². The average molecular weight is 267 g/mol. The summed E-state index contributed by atoms with van der Waals surface area (Å²) in [6.45, 7) is 12.1. The van der Waals surface area contributed by atoms with Gasteiger partial charge in [0.05, 0.1) is 19.4 Å². The Morgan fingerprint density at radius 3 is 2.79 bits per heavy atom. The van der Waals surface area contributed by atoms with Crippen molar-refractivity contribution in [3.05, 3.63) is 23.7 Å². The SMILES string of the molecule is CCCC(C)COCc1ccoc1CNCC(C)C. The summed E-state index contributed by atoms with van der Waals surface area (Å²) < 4.78 is 11.3. The summed E-state index contributed by atoms with van der Waals surface area (Å²) >= 11 is 0. The van der Waals surface area contributed by atoms with E-state index >= 15 is 0 Å². The summed E-state index contributed by atoms with van der Waals surface area (Å²) in [5.41, 5.74) is 1.17. The fourth-order valence-electron chi connectivity index (χ4n) is 2.07. The molecule has 1 atom stereocenters. The summed E-state index contributed by atoms with van der Waals surface area (Å²) in [6.07, 6.45) is 4.20. The van der Waals surface area contributed by atoms with E-state index in [2.05, 4.69) is 33.0 Å². The standard InChI is InChI=1S/C16H29NO2/c1-5-6-14(4)11-18-12-15-7-8-19-16(15)10-17-9-13(2)3/h7-8,13-14,17H,5-6,9-12H2,1-4H3. The minimum absolute atomic E-state index is 0.638. The van der Waals surface area contributed by atoms with Gasteiger partial charge in [-0.05, 0) is 30.9 Å². The van der Waals surface area contributed by atoms with Gasteiger partial charge in [-0.2, -0.15) is 0 Å². The third kappa shape index (κ3) is 6.79. The fourth-order valence-corrected chi connectivity index (χ4v) is 2.07. The second-order valence-electron chi connectivity index (χ2n) is 5.80. The molecule has 1 aromatic rings. The van der Waals surface area contributed by atoms with E-state index in [1.165, 1.54) is 18.4 Å². The second kappa shape index (κ2) is 9.16. The van der Waals surface area contributed by atoms with Crippen LogP contribution in [0.2, 0.25) is 0 Å². The van der Waals surface area contributed by atoms with Gasteiger partial charge >= 0.3 is 0 Å². The second-order valence-corrected chi connectivity index (χ2v) is 5.80. The molecule has 0 fully saturated rings. The zero-order valence-electron chi connectivity index (χ0n) is 12.9. The van der Waals surface area contributed by atoms with Crippen LogP contribution >= 0.6 is 0 Å². The molecule has 1 N–H and O–H groups in total. The van der Waals surface area contributed by atoms with Crippen LogP contribution < -0.4 is 5.32 Å². The molecule has 3 heteroatoms. The molecule has 3 nitrogen and oxygen atoms in total. The van der Waals surface area contributed by atoms with Crippen molar-refractivity contribution in [3.63, 3.8) is 0 Å². The molecule has 110 valence electrons. The van der Waals surface area contributed by atoms with Gasteiger partial charge in [0.15, 0.2) is 0 Å². The first kappa shape index (κ1) is 16.3. The molecule has 0 amide bonds. The molecule has 19 heavy (non-hydrogen) atoms. The van der Waals surface area contributed by atoms with Crippen LogP contribution in [0.4, 0.5) is 0 Å². The molecule has 1 rings (SSSR count). The molecule has 1 heterocycles. The molecule has 0 aromatic carbocycles. The monoisotopic (exact) mass is 267 g/mol. The summed E-state index contributed by atoms with van der Waals surface area (Å²) in [7, 11) is 0. The summed E-state index contributed by atoms with van der Waals surface area (Å²) in [4.78, 5) is 0. The van der Waals surface area contributed by atoms with E-state index in [4.69, 9.17) is 9.15 Å². The predicted molar refractivity (Wildman–Crippen MR) is 79.0 cm³/mol. The molecule has 0 spiro atoms. The number of rotatable bonds is 10. The molecule has 0 bridgehead atoms. The van der Waals surface area contributed by atoms with Crippen LogP contribution in [0.25, 0.3) is 0 Å². The van der Waals surface area contributed by atoms with Gasteiger partial charge in [-0.1, -0.05) is 34.1 Å². The Balaban J connectivity index is 2.28. The van der Waals surface area contributed by atoms with Crippen molar-refractivity contribution in [1.29, 1.82) is 0 Å². The molecule has 0 aliphatic carbocycles. The molecule has 0 saturated heterocycles. The maximum atomic E-state index is 5.77. The van der Waals surface area contributed by atoms with Gasteiger partial charge in [-0.3, -0.25) is 0 Å². The zero-order valence-corrected chi connectivity index (χ0v) is 12.9. The minimum Gasteiger partial charge on any atom is -0.468 e. The Morgan fingerprint density at radius 1 is 1.32 bits per heavy atom. The molecule has 0 saturated carbocycles. The first-order chi connectivity index (χ1) is 9.13. The minimum atomic E-state index is 0.638. The zero-order chi connectivity index (χ0) is 14.1. The van der Waals surface area contributed by atoms with Crippen molar-refractivity contribution < 1.29 is 9.15 Å². The summed E-state index contributed by atoms with van der Waals surface area (Å²) in [5, 5.41) is 3.40. The highest BCUT2D eigenvalue weighted by Crippen LogP contribution is 2.13. The van der Waals surface area contributed by atoms with Crippen LogP contribution in [0.15, 0.2) is 16.7 Å². The molecular weight excluding hydrogens is 238 g/mol. The van der Waals surface area contributed by atoms with Gasteiger partial charge in [0.25, 0.3) is 0 Å². The first-order valence-corrected chi connectivity index (χ1v) is 7.47. The molecule has 0 aliphatic rings. The van der Waals surface area contributed by atoms with Gasteiger partial charge in [-0.25, -0.2) is 0 Å². The highest BCUT2D eigenvalue weighted by molar-refractivity contribution is 5.15. The number of hydrogen-bond donors (Lipinski definition) is 1. The van der Waals surface area contributed by atoms with E-state index in [-0.39, 0.29) is 0 Å². The molecule has 1 aromatic heterocycles. The van der Waals surface area contributed by atoms with Crippen molar-refractivity contribution in [2.75, 3.05) is 13.2 Å².